The maximum Gasteiger partial charge on any atom is 0.372 e. The van der Waals surface area contributed by atoms with E-state index in [1.807, 2.05) is 0 Å². The highest BCUT2D eigenvalue weighted by Crippen LogP contribution is 2.36. The summed E-state index contributed by atoms with van der Waals surface area (Å²) >= 11 is 0. The molecule has 0 saturated heterocycles. The van der Waals surface area contributed by atoms with Crippen LogP contribution in [0.1, 0.15) is 20.9 Å². The number of ether oxygens (including phenoxy) is 1. The van der Waals surface area contributed by atoms with Crippen LogP contribution in [0.15, 0.2) is 52.9 Å². The maximum atomic E-state index is 11.9. The van der Waals surface area contributed by atoms with Gasteiger partial charge in [0.25, 0.3) is 0 Å². The van der Waals surface area contributed by atoms with Gasteiger partial charge in [0.05, 0.1) is 12.7 Å². The van der Waals surface area contributed by atoms with Gasteiger partial charge < -0.3 is 14.3 Å². The number of rotatable bonds is 3. The van der Waals surface area contributed by atoms with Crippen LogP contribution in [0.4, 0.5) is 0 Å². The van der Waals surface area contributed by atoms with E-state index in [2.05, 4.69) is 0 Å². The van der Waals surface area contributed by atoms with Crippen LogP contribution >= 0.6 is 0 Å². The average Bonchev–Trinajstić information content (AvgIpc) is 2.93. The highest BCUT2D eigenvalue weighted by Gasteiger charge is 2.24. The molecule has 22 heavy (non-hydrogen) atoms. The van der Waals surface area contributed by atoms with E-state index in [1.165, 1.54) is 7.11 Å². The van der Waals surface area contributed by atoms with Crippen molar-refractivity contribution < 1.29 is 23.8 Å². The summed E-state index contributed by atoms with van der Waals surface area (Å²) in [5.74, 6) is -1.92. The van der Waals surface area contributed by atoms with Crippen molar-refractivity contribution in [2.24, 2.45) is 0 Å². The number of hydrogen-bond donors (Lipinski definition) is 1. The Kier molecular flexibility index (Phi) is 3.39. The number of carbonyl (C=O) groups is 2. The van der Waals surface area contributed by atoms with Crippen LogP contribution in [-0.2, 0) is 4.74 Å². The molecular weight excluding hydrogens is 284 g/mol. The Balaban J connectivity index is 2.38. The molecule has 5 nitrogen and oxygen atoms in total. The van der Waals surface area contributed by atoms with Crippen molar-refractivity contribution in [3.63, 3.8) is 0 Å². The van der Waals surface area contributed by atoms with Crippen molar-refractivity contribution in [1.29, 1.82) is 0 Å². The summed E-state index contributed by atoms with van der Waals surface area (Å²) in [6.07, 6.45) is 0. The summed E-state index contributed by atoms with van der Waals surface area (Å²) in [7, 11) is 1.28. The van der Waals surface area contributed by atoms with Crippen LogP contribution in [0.3, 0.4) is 0 Å². The first kappa shape index (κ1) is 13.9. The van der Waals surface area contributed by atoms with Gasteiger partial charge in [0, 0.05) is 16.5 Å². The first-order valence-corrected chi connectivity index (χ1v) is 6.56. The summed E-state index contributed by atoms with van der Waals surface area (Å²) in [5.41, 5.74) is 1.59. The Morgan fingerprint density at radius 2 is 1.73 bits per heavy atom. The first-order valence-electron chi connectivity index (χ1n) is 6.56. The molecule has 0 aliphatic heterocycles. The summed E-state index contributed by atoms with van der Waals surface area (Å²) in [6.45, 7) is 0. The van der Waals surface area contributed by atoms with E-state index in [9.17, 15) is 14.7 Å². The average molecular weight is 296 g/mol. The third-order valence-corrected chi connectivity index (χ3v) is 3.39. The van der Waals surface area contributed by atoms with Crippen LogP contribution in [0, 0.1) is 0 Å². The van der Waals surface area contributed by atoms with Gasteiger partial charge in [-0.3, -0.25) is 0 Å². The van der Waals surface area contributed by atoms with Crippen molar-refractivity contribution in [2.45, 2.75) is 0 Å². The summed E-state index contributed by atoms with van der Waals surface area (Å²) in [6, 6.07) is 13.7. The molecule has 0 spiro atoms. The molecule has 0 saturated carbocycles. The number of hydrogen-bond acceptors (Lipinski definition) is 4. The fourth-order valence-electron chi connectivity index (χ4n) is 2.45. The fraction of sp³-hybridized carbons (Fsp3) is 0.0588. The van der Waals surface area contributed by atoms with Gasteiger partial charge in [0.2, 0.25) is 5.76 Å². The van der Waals surface area contributed by atoms with E-state index in [-0.39, 0.29) is 5.76 Å². The Bertz CT molecular complexity index is 876. The summed E-state index contributed by atoms with van der Waals surface area (Å²) < 4.78 is 10.2. The van der Waals surface area contributed by atoms with Crippen LogP contribution in [-0.4, -0.2) is 24.2 Å². The first-order chi connectivity index (χ1) is 10.6. The molecule has 0 fully saturated rings. The van der Waals surface area contributed by atoms with Crippen molar-refractivity contribution in [3.05, 3.63) is 59.9 Å². The van der Waals surface area contributed by atoms with Crippen molar-refractivity contribution >= 4 is 22.9 Å². The molecule has 1 N–H and O–H groups in total. The molecule has 5 heteroatoms. The zero-order chi connectivity index (χ0) is 15.7. The van der Waals surface area contributed by atoms with E-state index >= 15 is 0 Å². The summed E-state index contributed by atoms with van der Waals surface area (Å²) in [4.78, 5) is 23.5. The fourth-order valence-corrected chi connectivity index (χ4v) is 2.45. The molecule has 0 bridgehead atoms. The Labute approximate surface area is 125 Å². The van der Waals surface area contributed by atoms with E-state index in [4.69, 9.17) is 9.15 Å². The standard InChI is InChI=1S/C17H12O5/c1-21-17(20)11-7-3-2-6-10(11)14-12-8-4-5-9-13(12)22-15(14)16(18)19/h2-9H,1H3,(H,18,19). The predicted molar refractivity (Wildman–Crippen MR) is 79.9 cm³/mol. The van der Waals surface area contributed by atoms with E-state index in [1.54, 1.807) is 48.5 Å². The monoisotopic (exact) mass is 296 g/mol. The molecule has 110 valence electrons. The Hall–Kier alpha value is -3.08. The lowest BCUT2D eigenvalue weighted by atomic mass is 9.97. The molecule has 0 aliphatic carbocycles. The zero-order valence-electron chi connectivity index (χ0n) is 11.7. The van der Waals surface area contributed by atoms with Crippen LogP contribution < -0.4 is 0 Å². The topological polar surface area (TPSA) is 76.7 Å². The van der Waals surface area contributed by atoms with E-state index in [0.29, 0.717) is 27.7 Å². The number of para-hydroxylation sites is 1. The highest BCUT2D eigenvalue weighted by atomic mass is 16.5. The predicted octanol–water partition coefficient (Wildman–Crippen LogP) is 3.58. The molecule has 0 aliphatic rings. The second kappa shape index (κ2) is 5.37. The lowest BCUT2D eigenvalue weighted by Crippen LogP contribution is -2.05. The third kappa shape index (κ3) is 2.13. The number of methoxy groups -OCH3 is 1. The Morgan fingerprint density at radius 3 is 2.45 bits per heavy atom. The minimum atomic E-state index is -1.19. The number of fused-ring (bicyclic) bond motifs is 1. The van der Waals surface area contributed by atoms with Crippen LogP contribution in [0.25, 0.3) is 22.1 Å². The van der Waals surface area contributed by atoms with E-state index in [0.717, 1.165) is 0 Å². The number of benzene rings is 2. The van der Waals surface area contributed by atoms with Gasteiger partial charge in [-0.05, 0) is 12.1 Å². The van der Waals surface area contributed by atoms with Gasteiger partial charge in [-0.1, -0.05) is 36.4 Å². The molecule has 3 aromatic rings. The third-order valence-electron chi connectivity index (χ3n) is 3.39. The van der Waals surface area contributed by atoms with Gasteiger partial charge in [-0.2, -0.15) is 0 Å². The smallest absolute Gasteiger partial charge is 0.372 e. The maximum absolute atomic E-state index is 11.9. The van der Waals surface area contributed by atoms with Crippen molar-refractivity contribution in [1.82, 2.24) is 0 Å². The second-order valence-electron chi connectivity index (χ2n) is 4.64. The van der Waals surface area contributed by atoms with Crippen molar-refractivity contribution in [3.8, 4) is 11.1 Å². The zero-order valence-corrected chi connectivity index (χ0v) is 11.7. The number of carboxylic acid groups (broad SMARTS) is 1. The molecule has 0 radical (unpaired) electrons. The molecule has 2 aromatic carbocycles. The lowest BCUT2D eigenvalue weighted by Gasteiger charge is -2.07. The molecule has 0 atom stereocenters. The SMILES string of the molecule is COC(=O)c1ccccc1-c1c(C(=O)O)oc2ccccc12. The van der Waals surface area contributed by atoms with Gasteiger partial charge in [-0.25, -0.2) is 9.59 Å². The van der Waals surface area contributed by atoms with Crippen molar-refractivity contribution in [2.75, 3.05) is 7.11 Å². The number of esters is 1. The number of carboxylic acids is 1. The van der Waals surface area contributed by atoms with Gasteiger partial charge >= 0.3 is 11.9 Å². The summed E-state index contributed by atoms with van der Waals surface area (Å²) in [5, 5.41) is 10.0. The number of aromatic carboxylic acids is 1. The molecule has 0 amide bonds. The van der Waals surface area contributed by atoms with Crippen LogP contribution in [0.5, 0.6) is 0 Å². The number of carbonyl (C=O) groups excluding carboxylic acids is 1. The quantitative estimate of drug-likeness (QED) is 0.747. The van der Waals surface area contributed by atoms with Gasteiger partial charge in [-0.15, -0.1) is 0 Å². The molecule has 3 rings (SSSR count). The van der Waals surface area contributed by atoms with Crippen LogP contribution in [0.2, 0.25) is 0 Å². The minimum absolute atomic E-state index is 0.197. The normalized spacial score (nSPS) is 10.6. The molecular formula is C17H12O5. The number of furan rings is 1. The molecule has 0 unspecified atom stereocenters. The minimum Gasteiger partial charge on any atom is -0.475 e. The highest BCUT2D eigenvalue weighted by molar-refractivity contribution is 6.09. The second-order valence-corrected chi connectivity index (χ2v) is 4.64. The van der Waals surface area contributed by atoms with Gasteiger partial charge in [0.1, 0.15) is 5.58 Å². The van der Waals surface area contributed by atoms with Gasteiger partial charge in [0.15, 0.2) is 0 Å². The lowest BCUT2D eigenvalue weighted by molar-refractivity contribution is 0.0599. The largest absolute Gasteiger partial charge is 0.475 e. The molecule has 1 aromatic heterocycles. The van der Waals surface area contributed by atoms with E-state index < -0.39 is 11.9 Å². The Morgan fingerprint density at radius 1 is 1.05 bits per heavy atom. The molecule has 1 heterocycles.